The van der Waals surface area contributed by atoms with Crippen molar-refractivity contribution >= 4 is 23.9 Å². The molecule has 8 rings (SSSR count). The second kappa shape index (κ2) is 18.5. The molecule has 4 saturated carbocycles. The van der Waals surface area contributed by atoms with Gasteiger partial charge in [0.15, 0.2) is 0 Å². The molecule has 4 aliphatic carbocycles. The van der Waals surface area contributed by atoms with Crippen molar-refractivity contribution in [2.75, 3.05) is 0 Å². The van der Waals surface area contributed by atoms with E-state index in [2.05, 4.69) is 0 Å². The molecule has 0 saturated heterocycles. The maximum absolute atomic E-state index is 10.2. The summed E-state index contributed by atoms with van der Waals surface area (Å²) in [6, 6.07) is 33.2. The second-order valence-corrected chi connectivity index (χ2v) is 11.6. The van der Waals surface area contributed by atoms with Gasteiger partial charge in [0.25, 0.3) is 0 Å². The molecule has 0 atom stereocenters. The molecule has 0 aromatic heterocycles. The molecule has 46 heavy (non-hydrogen) atoms. The summed E-state index contributed by atoms with van der Waals surface area (Å²) in [7, 11) is 0. The summed E-state index contributed by atoms with van der Waals surface area (Å²) in [5, 5.41) is 33.5. The van der Waals surface area contributed by atoms with Crippen molar-refractivity contribution < 1.29 is 39.6 Å². The van der Waals surface area contributed by atoms with E-state index >= 15 is 0 Å². The number of hydrogen-bond donors (Lipinski definition) is 4. The molecule has 0 heterocycles. The SMILES string of the molecule is C1C2CC3CC1CC(C2)C3.O=C(O)c1ccccc1.O=C(O)c1ccccc1.O=C(O)c1ccccc1.O=C(O)c1ccccc1. The fourth-order valence-electron chi connectivity index (χ4n) is 6.31. The van der Waals surface area contributed by atoms with Gasteiger partial charge >= 0.3 is 23.9 Å². The molecule has 8 heteroatoms. The van der Waals surface area contributed by atoms with Gasteiger partial charge in [-0.2, -0.15) is 0 Å². The van der Waals surface area contributed by atoms with Gasteiger partial charge in [0.05, 0.1) is 22.3 Å². The fraction of sp³-hybridized carbons (Fsp3) is 0.263. The van der Waals surface area contributed by atoms with Crippen LogP contribution in [0.1, 0.15) is 80.0 Å². The molecule has 0 aliphatic heterocycles. The number of aromatic carboxylic acids is 4. The quantitative estimate of drug-likeness (QED) is 0.177. The maximum atomic E-state index is 10.2. The summed E-state index contributed by atoms with van der Waals surface area (Å²) in [6.07, 6.45) is 9.62. The third kappa shape index (κ3) is 12.4. The smallest absolute Gasteiger partial charge is 0.335 e. The summed E-state index contributed by atoms with van der Waals surface area (Å²) in [6.45, 7) is 0. The minimum atomic E-state index is -0.879. The fourth-order valence-corrected chi connectivity index (χ4v) is 6.31. The van der Waals surface area contributed by atoms with Crippen LogP contribution in [-0.2, 0) is 0 Å². The van der Waals surface area contributed by atoms with E-state index in [-0.39, 0.29) is 0 Å². The zero-order valence-electron chi connectivity index (χ0n) is 25.5. The van der Waals surface area contributed by atoms with Crippen LogP contribution in [0.5, 0.6) is 0 Å². The third-order valence-electron chi connectivity index (χ3n) is 8.08. The lowest BCUT2D eigenvalue weighted by Crippen LogP contribution is -2.38. The highest BCUT2D eigenvalue weighted by Crippen LogP contribution is 2.53. The monoisotopic (exact) mass is 624 g/mol. The van der Waals surface area contributed by atoms with E-state index in [0.717, 1.165) is 0 Å². The van der Waals surface area contributed by atoms with Crippen molar-refractivity contribution in [2.24, 2.45) is 23.7 Å². The zero-order valence-corrected chi connectivity index (χ0v) is 25.5. The molecule has 0 radical (unpaired) electrons. The van der Waals surface area contributed by atoms with E-state index in [0.29, 0.717) is 22.3 Å². The lowest BCUT2D eigenvalue weighted by molar-refractivity contribution is 0.0198. The molecule has 4 fully saturated rings. The summed E-state index contributed by atoms with van der Waals surface area (Å²) in [5.41, 5.74) is 1.32. The molecule has 4 aliphatic rings. The Balaban J connectivity index is 0.000000157. The van der Waals surface area contributed by atoms with Gasteiger partial charge in [-0.25, -0.2) is 19.2 Å². The Labute approximate surface area is 269 Å². The van der Waals surface area contributed by atoms with Gasteiger partial charge in [0.1, 0.15) is 0 Å². The lowest BCUT2D eigenvalue weighted by atomic mass is 9.56. The van der Waals surface area contributed by atoms with Gasteiger partial charge in [-0.3, -0.25) is 0 Å². The first-order valence-corrected chi connectivity index (χ1v) is 15.3. The van der Waals surface area contributed by atoms with Crippen LogP contribution in [0.4, 0.5) is 0 Å². The first-order valence-electron chi connectivity index (χ1n) is 15.3. The van der Waals surface area contributed by atoms with Gasteiger partial charge in [0, 0.05) is 0 Å². The Hall–Kier alpha value is -5.24. The summed E-state index contributed by atoms with van der Waals surface area (Å²) >= 11 is 0. The minimum absolute atomic E-state index is 0.331. The zero-order chi connectivity index (χ0) is 33.3. The van der Waals surface area contributed by atoms with Gasteiger partial charge < -0.3 is 20.4 Å². The van der Waals surface area contributed by atoms with Gasteiger partial charge in [-0.1, -0.05) is 72.8 Å². The van der Waals surface area contributed by atoms with E-state index in [1.807, 2.05) is 0 Å². The minimum Gasteiger partial charge on any atom is -0.478 e. The molecular formula is C38H40O8. The Morgan fingerprint density at radius 1 is 0.326 bits per heavy atom. The highest BCUT2D eigenvalue weighted by atomic mass is 16.4. The number of carbonyl (C=O) groups is 4. The van der Waals surface area contributed by atoms with E-state index in [4.69, 9.17) is 20.4 Å². The van der Waals surface area contributed by atoms with Gasteiger partial charge in [-0.05, 0) is 111 Å². The summed E-state index contributed by atoms with van der Waals surface area (Å²) < 4.78 is 0. The first kappa shape index (κ1) is 35.2. The molecule has 4 bridgehead atoms. The van der Waals surface area contributed by atoms with Crippen LogP contribution in [0.15, 0.2) is 121 Å². The Morgan fingerprint density at radius 2 is 0.478 bits per heavy atom. The summed E-state index contributed by atoms with van der Waals surface area (Å²) in [4.78, 5) is 40.8. The van der Waals surface area contributed by atoms with Crippen LogP contribution in [0.2, 0.25) is 0 Å². The molecule has 0 amide bonds. The standard InChI is InChI=1S/C10H16.4C7H6O2/c1-7-2-9-4-8(1)5-10(3-7)6-9;4*8-7(9)6-4-2-1-3-5-6/h7-10H,1-6H2;4*1-5H,(H,8,9). The van der Waals surface area contributed by atoms with Gasteiger partial charge in [-0.15, -0.1) is 0 Å². The van der Waals surface area contributed by atoms with Crippen LogP contribution < -0.4 is 0 Å². The van der Waals surface area contributed by atoms with Crippen LogP contribution in [-0.4, -0.2) is 44.3 Å². The molecule has 0 unspecified atom stereocenters. The Bertz CT molecular complexity index is 1250. The molecular weight excluding hydrogens is 584 g/mol. The molecule has 4 aromatic carbocycles. The van der Waals surface area contributed by atoms with Crippen molar-refractivity contribution in [2.45, 2.75) is 38.5 Å². The average Bonchev–Trinajstić information content (AvgIpc) is 3.07. The second-order valence-electron chi connectivity index (χ2n) is 11.6. The molecule has 4 N–H and O–H groups in total. The lowest BCUT2D eigenvalue weighted by Gasteiger charge is -2.49. The number of benzene rings is 4. The Kier molecular flexibility index (Phi) is 14.2. The number of carboxylic acid groups (broad SMARTS) is 4. The van der Waals surface area contributed by atoms with Crippen LogP contribution in [0.25, 0.3) is 0 Å². The van der Waals surface area contributed by atoms with E-state index in [1.165, 1.54) is 23.7 Å². The van der Waals surface area contributed by atoms with Crippen LogP contribution in [0.3, 0.4) is 0 Å². The molecule has 8 nitrogen and oxygen atoms in total. The largest absolute Gasteiger partial charge is 0.478 e. The first-order chi connectivity index (χ1) is 22.1. The van der Waals surface area contributed by atoms with Crippen molar-refractivity contribution in [3.8, 4) is 0 Å². The van der Waals surface area contributed by atoms with E-state index in [9.17, 15) is 19.2 Å². The predicted molar refractivity (Wildman–Crippen MR) is 175 cm³/mol. The van der Waals surface area contributed by atoms with Crippen molar-refractivity contribution in [1.82, 2.24) is 0 Å². The third-order valence-corrected chi connectivity index (χ3v) is 8.08. The van der Waals surface area contributed by atoms with E-state index < -0.39 is 23.9 Å². The normalized spacial score (nSPS) is 19.5. The van der Waals surface area contributed by atoms with Crippen LogP contribution in [0, 0.1) is 23.7 Å². The highest BCUT2D eigenvalue weighted by molar-refractivity contribution is 5.88. The average molecular weight is 625 g/mol. The maximum Gasteiger partial charge on any atom is 0.335 e. The van der Waals surface area contributed by atoms with Crippen LogP contribution >= 0.6 is 0 Å². The topological polar surface area (TPSA) is 149 Å². The number of hydrogen-bond acceptors (Lipinski definition) is 4. The van der Waals surface area contributed by atoms with Crippen molar-refractivity contribution in [3.63, 3.8) is 0 Å². The number of rotatable bonds is 4. The van der Waals surface area contributed by atoms with E-state index in [1.54, 1.807) is 160 Å². The number of carboxylic acids is 4. The highest BCUT2D eigenvalue weighted by Gasteiger charge is 2.41. The molecule has 240 valence electrons. The molecule has 0 spiro atoms. The predicted octanol–water partition coefficient (Wildman–Crippen LogP) is 8.37. The van der Waals surface area contributed by atoms with Gasteiger partial charge in [0.2, 0.25) is 0 Å². The summed E-state index contributed by atoms with van der Waals surface area (Å²) in [5.74, 6) is 1.19. The molecule has 4 aromatic rings. The Morgan fingerprint density at radius 3 is 0.587 bits per heavy atom. The van der Waals surface area contributed by atoms with Crippen molar-refractivity contribution in [1.29, 1.82) is 0 Å². The van der Waals surface area contributed by atoms with Crippen molar-refractivity contribution in [3.05, 3.63) is 144 Å².